The molecule has 4 heterocycles. The van der Waals surface area contributed by atoms with Crippen LogP contribution < -0.4 is 20.9 Å². The Morgan fingerprint density at radius 3 is 2.70 bits per heavy atom. The Labute approximate surface area is 177 Å². The van der Waals surface area contributed by atoms with Crippen LogP contribution in [0.25, 0.3) is 0 Å². The fraction of sp³-hybridized carbons (Fsp3) is 0.478. The Balaban J connectivity index is 1.23. The number of rotatable bonds is 4. The number of aromatic nitrogens is 1. The maximum absolute atomic E-state index is 12.7. The summed E-state index contributed by atoms with van der Waals surface area (Å²) in [7, 11) is 2.21. The predicted octanol–water partition coefficient (Wildman–Crippen LogP) is 2.17. The van der Waals surface area contributed by atoms with E-state index in [1.165, 1.54) is 24.9 Å². The van der Waals surface area contributed by atoms with Crippen molar-refractivity contribution < 1.29 is 4.79 Å². The molecule has 0 spiro atoms. The number of nitrogens with zero attached hydrogens (tertiary/aromatic N) is 3. The fourth-order valence-corrected chi connectivity index (χ4v) is 4.95. The van der Waals surface area contributed by atoms with Crippen LogP contribution in [-0.4, -0.2) is 67.6 Å². The van der Waals surface area contributed by atoms with Gasteiger partial charge in [-0.1, -0.05) is 0 Å². The van der Waals surface area contributed by atoms with Gasteiger partial charge in [-0.25, -0.2) is 4.98 Å². The van der Waals surface area contributed by atoms with Crippen molar-refractivity contribution in [1.29, 1.82) is 0 Å². The summed E-state index contributed by atoms with van der Waals surface area (Å²) in [6, 6.07) is 10.8. The largest absolute Gasteiger partial charge is 0.380 e. The standard InChI is InChI=1S/C23H30N6O/c1-28-10-2-3-21(28)20-13-17-15-25-22(14-19(17)26-20)27-23(30)16-4-6-18(7-5-16)29-11-8-24-9-12-29/h4-7,14-15,20-21,24,26H,2-3,8-13H2,1H3,(H,25,27,30)/t20?,21-/m1/s1. The summed E-state index contributed by atoms with van der Waals surface area (Å²) in [6.07, 6.45) is 5.41. The molecule has 1 amide bonds. The summed E-state index contributed by atoms with van der Waals surface area (Å²) in [4.78, 5) is 22.0. The summed E-state index contributed by atoms with van der Waals surface area (Å²) in [5.74, 6) is 0.470. The van der Waals surface area contributed by atoms with Crippen LogP contribution in [0, 0.1) is 0 Å². The molecule has 3 aliphatic heterocycles. The SMILES string of the molecule is CN1CCC[C@@H]1C1Cc2cnc(NC(=O)c3ccc(N4CCNCC4)cc3)cc2N1. The van der Waals surface area contributed by atoms with Crippen LogP contribution in [0.4, 0.5) is 17.2 Å². The van der Waals surface area contributed by atoms with Crippen LogP contribution in [0.3, 0.4) is 0 Å². The Kier molecular flexibility index (Phi) is 5.31. The van der Waals surface area contributed by atoms with Crippen LogP contribution in [0.2, 0.25) is 0 Å². The van der Waals surface area contributed by atoms with Crippen LogP contribution in [0.1, 0.15) is 28.8 Å². The number of nitrogens with one attached hydrogen (secondary N) is 3. The summed E-state index contributed by atoms with van der Waals surface area (Å²) in [6.45, 7) is 5.16. The molecule has 1 aromatic carbocycles. The van der Waals surface area contributed by atoms with Gasteiger partial charge in [-0.15, -0.1) is 0 Å². The van der Waals surface area contributed by atoms with Gasteiger partial charge in [0.25, 0.3) is 5.91 Å². The third-order valence-corrected chi connectivity index (χ3v) is 6.66. The minimum absolute atomic E-state index is 0.126. The minimum Gasteiger partial charge on any atom is -0.380 e. The van der Waals surface area contributed by atoms with E-state index in [4.69, 9.17) is 0 Å². The second kappa shape index (κ2) is 8.24. The molecule has 7 heteroatoms. The highest BCUT2D eigenvalue weighted by molar-refractivity contribution is 6.04. The van der Waals surface area contributed by atoms with Crippen molar-refractivity contribution in [1.82, 2.24) is 15.2 Å². The van der Waals surface area contributed by atoms with Gasteiger partial charge in [0.1, 0.15) is 5.82 Å². The quantitative estimate of drug-likeness (QED) is 0.723. The Bertz CT molecular complexity index is 908. The van der Waals surface area contributed by atoms with E-state index in [1.54, 1.807) is 0 Å². The van der Waals surface area contributed by atoms with Gasteiger partial charge in [-0.05, 0) is 62.7 Å². The monoisotopic (exact) mass is 406 g/mol. The molecule has 7 nitrogen and oxygen atoms in total. The molecule has 0 radical (unpaired) electrons. The molecule has 5 rings (SSSR count). The molecule has 1 aromatic heterocycles. The number of anilines is 3. The molecule has 2 atom stereocenters. The zero-order chi connectivity index (χ0) is 20.5. The zero-order valence-corrected chi connectivity index (χ0v) is 17.5. The number of carbonyl (C=O) groups is 1. The van der Waals surface area contributed by atoms with Crippen molar-refractivity contribution in [2.24, 2.45) is 0 Å². The van der Waals surface area contributed by atoms with Gasteiger partial charge in [0.2, 0.25) is 0 Å². The number of hydrogen-bond donors (Lipinski definition) is 3. The molecule has 2 aromatic rings. The number of likely N-dealkylation sites (N-methyl/N-ethyl adjacent to an activating group) is 1. The van der Waals surface area contributed by atoms with E-state index in [0.717, 1.165) is 44.0 Å². The molecule has 3 aliphatic rings. The molecular formula is C23H30N6O. The van der Waals surface area contributed by atoms with E-state index in [1.807, 2.05) is 36.5 Å². The molecule has 0 saturated carbocycles. The Hall–Kier alpha value is -2.64. The van der Waals surface area contributed by atoms with Crippen LogP contribution in [-0.2, 0) is 6.42 Å². The topological polar surface area (TPSA) is 72.5 Å². The number of amides is 1. The first kappa shape index (κ1) is 19.3. The summed E-state index contributed by atoms with van der Waals surface area (Å²) in [5.41, 5.74) is 4.14. The van der Waals surface area contributed by atoms with Crippen LogP contribution in [0.5, 0.6) is 0 Å². The van der Waals surface area contributed by atoms with Gasteiger partial charge in [0.15, 0.2) is 0 Å². The third-order valence-electron chi connectivity index (χ3n) is 6.66. The molecule has 2 saturated heterocycles. The number of likely N-dealkylation sites (tertiary alicyclic amines) is 1. The maximum Gasteiger partial charge on any atom is 0.256 e. The van der Waals surface area contributed by atoms with Gasteiger partial charge >= 0.3 is 0 Å². The highest BCUT2D eigenvalue weighted by atomic mass is 16.1. The minimum atomic E-state index is -0.126. The lowest BCUT2D eigenvalue weighted by Crippen LogP contribution is -2.43. The first-order valence-electron chi connectivity index (χ1n) is 11.0. The number of carbonyl (C=O) groups excluding carboxylic acids is 1. The van der Waals surface area contributed by atoms with Gasteiger partial charge in [-0.3, -0.25) is 4.79 Å². The third kappa shape index (κ3) is 3.87. The molecule has 3 N–H and O–H groups in total. The van der Waals surface area contributed by atoms with Gasteiger partial charge < -0.3 is 25.8 Å². The lowest BCUT2D eigenvalue weighted by Gasteiger charge is -2.29. The van der Waals surface area contributed by atoms with Crippen molar-refractivity contribution in [3.8, 4) is 0 Å². The lowest BCUT2D eigenvalue weighted by molar-refractivity contribution is 0.102. The van der Waals surface area contributed by atoms with E-state index in [2.05, 4.69) is 37.8 Å². The van der Waals surface area contributed by atoms with Gasteiger partial charge in [0, 0.05) is 67.5 Å². The van der Waals surface area contributed by atoms with E-state index in [0.29, 0.717) is 23.5 Å². The van der Waals surface area contributed by atoms with Crippen molar-refractivity contribution in [2.45, 2.75) is 31.3 Å². The second-order valence-corrected chi connectivity index (χ2v) is 8.61. The zero-order valence-electron chi connectivity index (χ0n) is 17.5. The average molecular weight is 407 g/mol. The van der Waals surface area contributed by atoms with E-state index in [9.17, 15) is 4.79 Å². The first-order chi connectivity index (χ1) is 14.7. The molecule has 0 aliphatic carbocycles. The maximum atomic E-state index is 12.7. The predicted molar refractivity (Wildman–Crippen MR) is 120 cm³/mol. The number of fused-ring (bicyclic) bond motifs is 1. The Morgan fingerprint density at radius 1 is 1.17 bits per heavy atom. The second-order valence-electron chi connectivity index (χ2n) is 8.61. The Morgan fingerprint density at radius 2 is 1.97 bits per heavy atom. The van der Waals surface area contributed by atoms with Crippen LogP contribution >= 0.6 is 0 Å². The molecule has 0 bridgehead atoms. The van der Waals surface area contributed by atoms with Crippen molar-refractivity contribution in [3.05, 3.63) is 47.7 Å². The summed E-state index contributed by atoms with van der Waals surface area (Å²) in [5, 5.41) is 9.98. The van der Waals surface area contributed by atoms with E-state index >= 15 is 0 Å². The highest BCUT2D eigenvalue weighted by Gasteiger charge is 2.33. The van der Waals surface area contributed by atoms with Crippen molar-refractivity contribution in [2.75, 3.05) is 55.3 Å². The first-order valence-corrected chi connectivity index (χ1v) is 11.0. The number of pyridine rings is 1. The number of piperazine rings is 1. The number of benzene rings is 1. The lowest BCUT2D eigenvalue weighted by atomic mass is 10.0. The summed E-state index contributed by atoms with van der Waals surface area (Å²) >= 11 is 0. The van der Waals surface area contributed by atoms with E-state index < -0.39 is 0 Å². The molecule has 30 heavy (non-hydrogen) atoms. The molecule has 2 fully saturated rings. The van der Waals surface area contributed by atoms with Crippen molar-refractivity contribution >= 4 is 23.1 Å². The normalized spacial score (nSPS) is 23.8. The average Bonchev–Trinajstić information content (AvgIpc) is 3.39. The smallest absolute Gasteiger partial charge is 0.256 e. The van der Waals surface area contributed by atoms with Gasteiger partial charge in [-0.2, -0.15) is 0 Å². The van der Waals surface area contributed by atoms with Gasteiger partial charge in [0.05, 0.1) is 0 Å². The highest BCUT2D eigenvalue weighted by Crippen LogP contribution is 2.32. The van der Waals surface area contributed by atoms with Crippen LogP contribution in [0.15, 0.2) is 36.5 Å². The molecular weight excluding hydrogens is 376 g/mol. The molecule has 1 unspecified atom stereocenters. The summed E-state index contributed by atoms with van der Waals surface area (Å²) < 4.78 is 0. The van der Waals surface area contributed by atoms with Crippen molar-refractivity contribution in [3.63, 3.8) is 0 Å². The number of hydrogen-bond acceptors (Lipinski definition) is 6. The fourth-order valence-electron chi connectivity index (χ4n) is 4.95. The molecule has 158 valence electrons. The van der Waals surface area contributed by atoms with E-state index in [-0.39, 0.29) is 5.91 Å².